The molecule has 2 N–H and O–H groups in total. The zero-order valence-corrected chi connectivity index (χ0v) is 10.1. The Bertz CT molecular complexity index is 671. The van der Waals surface area contributed by atoms with Crippen molar-refractivity contribution in [3.63, 3.8) is 0 Å². The van der Waals surface area contributed by atoms with Crippen molar-refractivity contribution in [1.82, 2.24) is 14.5 Å². The Kier molecular flexibility index (Phi) is 2.57. The molecule has 0 fully saturated rings. The zero-order chi connectivity index (χ0) is 12.5. The lowest BCUT2D eigenvalue weighted by atomic mass is 10.3. The van der Waals surface area contributed by atoms with Crippen LogP contribution in [0, 0.1) is 0 Å². The Morgan fingerprint density at radius 3 is 2.61 bits per heavy atom. The van der Waals surface area contributed by atoms with E-state index >= 15 is 0 Å². The van der Waals surface area contributed by atoms with E-state index in [1.165, 1.54) is 0 Å². The van der Waals surface area contributed by atoms with Crippen LogP contribution in [-0.4, -0.2) is 14.5 Å². The van der Waals surface area contributed by atoms with E-state index in [0.29, 0.717) is 0 Å². The van der Waals surface area contributed by atoms with Gasteiger partial charge in [-0.3, -0.25) is 4.57 Å². The van der Waals surface area contributed by atoms with Gasteiger partial charge in [0.15, 0.2) is 0 Å². The minimum absolute atomic E-state index is 0.139. The smallest absolute Gasteiger partial charge is 0.138 e. The van der Waals surface area contributed by atoms with Crippen LogP contribution in [0.25, 0.3) is 16.9 Å². The first kappa shape index (κ1) is 10.9. The maximum absolute atomic E-state index is 6.00. The third kappa shape index (κ3) is 1.67. The first-order chi connectivity index (χ1) is 8.77. The van der Waals surface area contributed by atoms with E-state index in [9.17, 15) is 0 Å². The van der Waals surface area contributed by atoms with Crippen LogP contribution in [0.3, 0.4) is 0 Å². The van der Waals surface area contributed by atoms with Crippen molar-refractivity contribution in [2.24, 2.45) is 5.73 Å². The Hall–Kier alpha value is -2.20. The fraction of sp³-hybridized carbons (Fsp3) is 0.143. The topological polar surface area (TPSA) is 56.7 Å². The molecule has 0 aliphatic carbocycles. The minimum atomic E-state index is -0.139. The third-order valence-corrected chi connectivity index (χ3v) is 2.87. The molecule has 4 nitrogen and oxygen atoms in total. The number of nitrogens with two attached hydrogens (primary N) is 1. The molecule has 90 valence electrons. The van der Waals surface area contributed by atoms with Crippen LogP contribution in [0.4, 0.5) is 0 Å². The lowest BCUT2D eigenvalue weighted by molar-refractivity contribution is 0.721. The van der Waals surface area contributed by atoms with Crippen LogP contribution >= 0.6 is 0 Å². The van der Waals surface area contributed by atoms with E-state index in [4.69, 9.17) is 5.73 Å². The predicted molar refractivity (Wildman–Crippen MR) is 71.5 cm³/mol. The first-order valence-corrected chi connectivity index (χ1v) is 5.92. The minimum Gasteiger partial charge on any atom is -0.322 e. The van der Waals surface area contributed by atoms with E-state index in [-0.39, 0.29) is 6.04 Å². The molecule has 0 saturated heterocycles. The Labute approximate surface area is 105 Å². The third-order valence-electron chi connectivity index (χ3n) is 2.87. The molecule has 1 atom stereocenters. The van der Waals surface area contributed by atoms with E-state index in [2.05, 4.69) is 9.97 Å². The number of nitrogens with zero attached hydrogens (tertiary/aromatic N) is 3. The van der Waals surface area contributed by atoms with Gasteiger partial charge in [-0.25, -0.2) is 9.97 Å². The summed E-state index contributed by atoms with van der Waals surface area (Å²) in [6.07, 6.45) is 1.77. The number of benzene rings is 1. The molecular formula is C14H14N4. The summed E-state index contributed by atoms with van der Waals surface area (Å²) >= 11 is 0. The van der Waals surface area contributed by atoms with E-state index in [1.807, 2.05) is 54.0 Å². The highest BCUT2D eigenvalue weighted by molar-refractivity contribution is 5.77. The van der Waals surface area contributed by atoms with Crippen molar-refractivity contribution in [1.29, 1.82) is 0 Å². The molecular weight excluding hydrogens is 224 g/mol. The van der Waals surface area contributed by atoms with E-state index in [0.717, 1.165) is 22.7 Å². The van der Waals surface area contributed by atoms with Gasteiger partial charge < -0.3 is 5.73 Å². The number of hydrogen-bond donors (Lipinski definition) is 1. The second-order valence-electron chi connectivity index (χ2n) is 4.27. The van der Waals surface area contributed by atoms with Crippen molar-refractivity contribution in [2.75, 3.05) is 0 Å². The van der Waals surface area contributed by atoms with Crippen molar-refractivity contribution in [2.45, 2.75) is 13.0 Å². The Morgan fingerprint density at radius 2 is 1.89 bits per heavy atom. The summed E-state index contributed by atoms with van der Waals surface area (Å²) in [6.45, 7) is 1.93. The van der Waals surface area contributed by atoms with Gasteiger partial charge in [-0.15, -0.1) is 0 Å². The number of para-hydroxylation sites is 2. The number of aromatic nitrogens is 3. The summed E-state index contributed by atoms with van der Waals surface area (Å²) in [7, 11) is 0. The molecule has 1 aromatic carbocycles. The summed E-state index contributed by atoms with van der Waals surface area (Å²) in [4.78, 5) is 8.97. The second kappa shape index (κ2) is 4.23. The fourth-order valence-corrected chi connectivity index (χ4v) is 2.08. The van der Waals surface area contributed by atoms with Gasteiger partial charge in [0.1, 0.15) is 11.6 Å². The number of fused-ring (bicyclic) bond motifs is 1. The molecule has 0 aliphatic heterocycles. The largest absolute Gasteiger partial charge is 0.322 e. The van der Waals surface area contributed by atoms with Crippen molar-refractivity contribution in [3.8, 4) is 5.82 Å². The molecule has 0 aliphatic rings. The summed E-state index contributed by atoms with van der Waals surface area (Å²) in [5, 5.41) is 0. The molecule has 3 rings (SSSR count). The summed E-state index contributed by atoms with van der Waals surface area (Å²) < 4.78 is 2.01. The number of rotatable bonds is 2. The highest BCUT2D eigenvalue weighted by Crippen LogP contribution is 2.22. The van der Waals surface area contributed by atoms with Crippen molar-refractivity contribution >= 4 is 11.0 Å². The van der Waals surface area contributed by atoms with Crippen molar-refractivity contribution in [3.05, 3.63) is 54.5 Å². The van der Waals surface area contributed by atoms with Crippen molar-refractivity contribution < 1.29 is 0 Å². The molecule has 0 amide bonds. The van der Waals surface area contributed by atoms with Crippen LogP contribution < -0.4 is 5.73 Å². The van der Waals surface area contributed by atoms with Gasteiger partial charge in [-0.2, -0.15) is 0 Å². The van der Waals surface area contributed by atoms with Gasteiger partial charge in [0.05, 0.1) is 17.1 Å². The lowest BCUT2D eigenvalue weighted by Gasteiger charge is -2.10. The SMILES string of the molecule is C[C@H](N)c1nc2ccccc2n1-c1ccccn1. The molecule has 0 saturated carbocycles. The Balaban J connectivity index is 2.35. The average Bonchev–Trinajstić information content (AvgIpc) is 2.79. The quantitative estimate of drug-likeness (QED) is 0.746. The van der Waals surface area contributed by atoms with Gasteiger partial charge in [0.25, 0.3) is 0 Å². The predicted octanol–water partition coefficient (Wildman–Crippen LogP) is 2.44. The lowest BCUT2D eigenvalue weighted by Crippen LogP contribution is -2.13. The van der Waals surface area contributed by atoms with Gasteiger partial charge in [-0.05, 0) is 31.2 Å². The molecule has 2 aromatic heterocycles. The Morgan fingerprint density at radius 1 is 1.11 bits per heavy atom. The molecule has 4 heteroatoms. The summed E-state index contributed by atoms with van der Waals surface area (Å²) in [6, 6.07) is 13.7. The first-order valence-electron chi connectivity index (χ1n) is 5.92. The van der Waals surface area contributed by atoms with E-state index in [1.54, 1.807) is 6.20 Å². The van der Waals surface area contributed by atoms with Crippen LogP contribution in [-0.2, 0) is 0 Å². The maximum Gasteiger partial charge on any atom is 0.138 e. The molecule has 0 radical (unpaired) electrons. The van der Waals surface area contributed by atoms with Crippen LogP contribution in [0.5, 0.6) is 0 Å². The van der Waals surface area contributed by atoms with Crippen LogP contribution in [0.2, 0.25) is 0 Å². The molecule has 2 heterocycles. The molecule has 0 unspecified atom stereocenters. The van der Waals surface area contributed by atoms with E-state index < -0.39 is 0 Å². The molecule has 0 spiro atoms. The monoisotopic (exact) mass is 238 g/mol. The number of hydrogen-bond acceptors (Lipinski definition) is 3. The van der Waals surface area contributed by atoms with Gasteiger partial charge in [-0.1, -0.05) is 18.2 Å². The summed E-state index contributed by atoms with van der Waals surface area (Å²) in [5.41, 5.74) is 7.98. The molecule has 3 aromatic rings. The number of pyridine rings is 1. The van der Waals surface area contributed by atoms with Gasteiger partial charge >= 0.3 is 0 Å². The zero-order valence-electron chi connectivity index (χ0n) is 10.1. The summed E-state index contributed by atoms with van der Waals surface area (Å²) in [5.74, 6) is 1.67. The average molecular weight is 238 g/mol. The van der Waals surface area contributed by atoms with Gasteiger partial charge in [0, 0.05) is 6.20 Å². The highest BCUT2D eigenvalue weighted by Gasteiger charge is 2.15. The second-order valence-corrected chi connectivity index (χ2v) is 4.27. The number of imidazole rings is 1. The van der Waals surface area contributed by atoms with Crippen LogP contribution in [0.1, 0.15) is 18.8 Å². The standard InChI is InChI=1S/C14H14N4/c1-10(15)14-17-11-6-2-3-7-12(11)18(14)13-8-4-5-9-16-13/h2-10H,15H2,1H3/t10-/m0/s1. The molecule has 0 bridgehead atoms. The molecule has 18 heavy (non-hydrogen) atoms. The van der Waals surface area contributed by atoms with Crippen LogP contribution in [0.15, 0.2) is 48.7 Å². The fourth-order valence-electron chi connectivity index (χ4n) is 2.08. The maximum atomic E-state index is 6.00. The normalized spacial score (nSPS) is 12.8. The van der Waals surface area contributed by atoms with Gasteiger partial charge in [0.2, 0.25) is 0 Å². The highest BCUT2D eigenvalue weighted by atomic mass is 15.1.